The van der Waals surface area contributed by atoms with Crippen LogP contribution in [-0.4, -0.2) is 23.3 Å². The van der Waals surface area contributed by atoms with Gasteiger partial charge in [0.15, 0.2) is 0 Å². The molecule has 1 aromatic rings. The molecule has 2 N–H and O–H groups in total. The maximum atomic E-state index is 11.5. The Morgan fingerprint density at radius 3 is 2.38 bits per heavy atom. The molecule has 1 amide bonds. The van der Waals surface area contributed by atoms with Crippen LogP contribution in [0.1, 0.15) is 20.7 Å². The third-order valence-corrected chi connectivity index (χ3v) is 1.79. The first-order chi connectivity index (χ1) is 7.66. The van der Waals surface area contributed by atoms with Crippen LogP contribution in [0.3, 0.4) is 0 Å². The van der Waals surface area contributed by atoms with E-state index in [4.69, 9.17) is 5.11 Å². The van der Waals surface area contributed by atoms with Crippen LogP contribution >= 0.6 is 0 Å². The lowest BCUT2D eigenvalue weighted by molar-refractivity contribution is -0.104. The van der Waals surface area contributed by atoms with Gasteiger partial charge in [0.25, 0.3) is 5.91 Å². The summed E-state index contributed by atoms with van der Waals surface area (Å²) in [6, 6.07) is 5.82. The summed E-state index contributed by atoms with van der Waals surface area (Å²) in [4.78, 5) is 32.3. The van der Waals surface area contributed by atoms with Crippen LogP contribution in [0, 0.1) is 0 Å². The molecule has 82 valence electrons. The van der Waals surface area contributed by atoms with Gasteiger partial charge in [-0.05, 0) is 18.2 Å². The predicted octanol–water partition coefficient (Wildman–Crippen LogP) is 0.827. The third kappa shape index (κ3) is 2.78. The highest BCUT2D eigenvalue weighted by Gasteiger charge is 2.14. The van der Waals surface area contributed by atoms with E-state index in [1.807, 2.05) is 0 Å². The average molecular weight is 219 g/mol. The number of nitrogens with one attached hydrogen (secondary N) is 1. The highest BCUT2D eigenvalue weighted by atomic mass is 16.4. The van der Waals surface area contributed by atoms with E-state index in [2.05, 4.69) is 5.32 Å². The SMILES string of the molecule is O=C/C=C/NC(=O)c1ccccc1C(=O)O. The van der Waals surface area contributed by atoms with Crippen LogP contribution in [0.25, 0.3) is 0 Å². The fourth-order valence-electron chi connectivity index (χ4n) is 1.11. The molecule has 0 radical (unpaired) electrons. The molecule has 0 bridgehead atoms. The molecule has 0 aromatic heterocycles. The summed E-state index contributed by atoms with van der Waals surface area (Å²) >= 11 is 0. The van der Waals surface area contributed by atoms with E-state index < -0.39 is 11.9 Å². The summed E-state index contributed by atoms with van der Waals surface area (Å²) in [6.07, 6.45) is 2.75. The molecule has 16 heavy (non-hydrogen) atoms. The van der Waals surface area contributed by atoms with Gasteiger partial charge in [-0.1, -0.05) is 12.1 Å². The number of carboxylic acids is 1. The number of carbonyl (C=O) groups is 3. The molecular formula is C11H9NO4. The van der Waals surface area contributed by atoms with E-state index >= 15 is 0 Å². The van der Waals surface area contributed by atoms with Gasteiger partial charge in [-0.15, -0.1) is 0 Å². The van der Waals surface area contributed by atoms with Crippen LogP contribution in [-0.2, 0) is 4.79 Å². The second kappa shape index (κ2) is 5.45. The number of carbonyl (C=O) groups excluding carboxylic acids is 2. The number of benzene rings is 1. The zero-order valence-electron chi connectivity index (χ0n) is 8.21. The smallest absolute Gasteiger partial charge is 0.336 e. The molecule has 5 nitrogen and oxygen atoms in total. The molecule has 0 saturated heterocycles. The Bertz CT molecular complexity index is 451. The monoisotopic (exact) mass is 219 g/mol. The van der Waals surface area contributed by atoms with E-state index in [9.17, 15) is 14.4 Å². The summed E-state index contributed by atoms with van der Waals surface area (Å²) in [5.41, 5.74) is -0.0370. The molecule has 0 aliphatic carbocycles. The molecule has 1 rings (SSSR count). The fraction of sp³-hybridized carbons (Fsp3) is 0. The second-order valence-electron chi connectivity index (χ2n) is 2.82. The predicted molar refractivity (Wildman–Crippen MR) is 56.1 cm³/mol. The van der Waals surface area contributed by atoms with Crippen molar-refractivity contribution in [3.63, 3.8) is 0 Å². The minimum atomic E-state index is -1.18. The number of allylic oxidation sites excluding steroid dienone is 1. The lowest BCUT2D eigenvalue weighted by Gasteiger charge is -2.03. The van der Waals surface area contributed by atoms with Crippen LogP contribution in [0.15, 0.2) is 36.5 Å². The van der Waals surface area contributed by atoms with E-state index in [0.717, 1.165) is 12.3 Å². The van der Waals surface area contributed by atoms with Gasteiger partial charge < -0.3 is 10.4 Å². The van der Waals surface area contributed by atoms with Gasteiger partial charge in [0.2, 0.25) is 0 Å². The van der Waals surface area contributed by atoms with Gasteiger partial charge in [-0.3, -0.25) is 9.59 Å². The highest BCUT2D eigenvalue weighted by molar-refractivity contribution is 6.05. The number of carboxylic acid groups (broad SMARTS) is 1. The molecule has 0 atom stereocenters. The van der Waals surface area contributed by atoms with Crippen molar-refractivity contribution >= 4 is 18.2 Å². The maximum absolute atomic E-state index is 11.5. The molecule has 0 fully saturated rings. The Balaban J connectivity index is 2.94. The molecule has 0 spiro atoms. The van der Waals surface area contributed by atoms with Crippen molar-refractivity contribution in [3.05, 3.63) is 47.7 Å². The van der Waals surface area contributed by atoms with Gasteiger partial charge in [-0.25, -0.2) is 4.79 Å². The van der Waals surface area contributed by atoms with Gasteiger partial charge >= 0.3 is 5.97 Å². The Kier molecular flexibility index (Phi) is 3.97. The van der Waals surface area contributed by atoms with Crippen LogP contribution in [0.2, 0.25) is 0 Å². The number of hydrogen-bond acceptors (Lipinski definition) is 3. The first kappa shape index (κ1) is 11.6. The maximum Gasteiger partial charge on any atom is 0.336 e. The normalized spacial score (nSPS) is 10.0. The first-order valence-corrected chi connectivity index (χ1v) is 4.40. The fourth-order valence-corrected chi connectivity index (χ4v) is 1.11. The Labute approximate surface area is 91.4 Å². The number of hydrogen-bond donors (Lipinski definition) is 2. The number of aldehydes is 1. The van der Waals surface area contributed by atoms with Gasteiger partial charge in [0.1, 0.15) is 6.29 Å². The first-order valence-electron chi connectivity index (χ1n) is 4.40. The Morgan fingerprint density at radius 1 is 1.19 bits per heavy atom. The lowest BCUT2D eigenvalue weighted by atomic mass is 10.1. The summed E-state index contributed by atoms with van der Waals surface area (Å²) in [6.45, 7) is 0. The molecule has 0 aliphatic heterocycles. The quantitative estimate of drug-likeness (QED) is 0.580. The molecule has 0 saturated carbocycles. The number of rotatable bonds is 4. The Morgan fingerprint density at radius 2 is 1.81 bits per heavy atom. The van der Waals surface area contributed by atoms with E-state index in [0.29, 0.717) is 6.29 Å². The van der Waals surface area contributed by atoms with Crippen LogP contribution in [0.4, 0.5) is 0 Å². The van der Waals surface area contributed by atoms with Crippen molar-refractivity contribution in [2.24, 2.45) is 0 Å². The van der Waals surface area contributed by atoms with E-state index in [-0.39, 0.29) is 11.1 Å². The summed E-state index contributed by atoms with van der Waals surface area (Å²) in [7, 11) is 0. The van der Waals surface area contributed by atoms with Crippen molar-refractivity contribution in [1.29, 1.82) is 0 Å². The second-order valence-corrected chi connectivity index (χ2v) is 2.82. The lowest BCUT2D eigenvalue weighted by Crippen LogP contribution is -2.20. The van der Waals surface area contributed by atoms with Crippen molar-refractivity contribution in [1.82, 2.24) is 5.32 Å². The summed E-state index contributed by atoms with van der Waals surface area (Å²) in [5, 5.41) is 11.1. The van der Waals surface area contributed by atoms with Gasteiger partial charge in [-0.2, -0.15) is 0 Å². The molecule has 5 heteroatoms. The van der Waals surface area contributed by atoms with E-state index in [1.54, 1.807) is 6.07 Å². The van der Waals surface area contributed by atoms with Gasteiger partial charge in [0, 0.05) is 6.20 Å². The summed E-state index contributed by atoms with van der Waals surface area (Å²) in [5.74, 6) is -1.75. The molecule has 0 unspecified atom stereocenters. The number of aromatic carboxylic acids is 1. The molecule has 1 aromatic carbocycles. The standard InChI is InChI=1S/C11H9NO4/c13-7-3-6-12-10(14)8-4-1-2-5-9(8)11(15)16/h1-7H,(H,12,14)(H,15,16)/b6-3+. The number of amides is 1. The topological polar surface area (TPSA) is 83.5 Å². The zero-order valence-corrected chi connectivity index (χ0v) is 8.21. The van der Waals surface area contributed by atoms with Crippen molar-refractivity contribution in [2.75, 3.05) is 0 Å². The molecule has 0 heterocycles. The summed E-state index contributed by atoms with van der Waals surface area (Å²) < 4.78 is 0. The molecule has 0 aliphatic rings. The highest BCUT2D eigenvalue weighted by Crippen LogP contribution is 2.08. The van der Waals surface area contributed by atoms with Crippen LogP contribution in [0.5, 0.6) is 0 Å². The third-order valence-electron chi connectivity index (χ3n) is 1.79. The zero-order chi connectivity index (χ0) is 12.0. The van der Waals surface area contributed by atoms with Gasteiger partial charge in [0.05, 0.1) is 11.1 Å². The largest absolute Gasteiger partial charge is 0.478 e. The van der Waals surface area contributed by atoms with Crippen molar-refractivity contribution in [3.8, 4) is 0 Å². The van der Waals surface area contributed by atoms with E-state index in [1.165, 1.54) is 18.2 Å². The minimum absolute atomic E-state index is 0.0468. The van der Waals surface area contributed by atoms with Crippen LogP contribution < -0.4 is 5.32 Å². The Hall–Kier alpha value is -2.43. The minimum Gasteiger partial charge on any atom is -0.478 e. The van der Waals surface area contributed by atoms with Crippen molar-refractivity contribution in [2.45, 2.75) is 0 Å². The average Bonchev–Trinajstić information content (AvgIpc) is 2.29. The molecular weight excluding hydrogens is 210 g/mol. The van der Waals surface area contributed by atoms with Crippen molar-refractivity contribution < 1.29 is 19.5 Å².